The van der Waals surface area contributed by atoms with Crippen LogP contribution in [0.1, 0.15) is 59.8 Å². The van der Waals surface area contributed by atoms with Crippen LogP contribution in [0.15, 0.2) is 0 Å². The zero-order valence-electron chi connectivity index (χ0n) is 14.2. The Morgan fingerprint density at radius 1 is 1.38 bits per heavy atom. The fourth-order valence-electron chi connectivity index (χ4n) is 2.69. The van der Waals surface area contributed by atoms with Gasteiger partial charge >= 0.3 is 6.09 Å². The Hall–Kier alpha value is -0.810. The number of ether oxygens (including phenoxy) is 1. The molecule has 1 rings (SSSR count). The highest BCUT2D eigenvalue weighted by Crippen LogP contribution is 2.16. The first-order chi connectivity index (χ1) is 9.81. The van der Waals surface area contributed by atoms with Crippen molar-refractivity contribution in [3.05, 3.63) is 0 Å². The Balaban J connectivity index is 2.21. The topological polar surface area (TPSA) is 67.6 Å². The highest BCUT2D eigenvalue weighted by Gasteiger charge is 2.21. The number of rotatable bonds is 6. The van der Waals surface area contributed by atoms with Crippen LogP contribution < -0.4 is 11.1 Å². The second-order valence-electron chi connectivity index (χ2n) is 6.99. The number of nitrogens with one attached hydrogen (secondary N) is 1. The smallest absolute Gasteiger partial charge is 0.410 e. The van der Waals surface area contributed by atoms with E-state index in [4.69, 9.17) is 10.5 Å². The van der Waals surface area contributed by atoms with E-state index in [1.165, 1.54) is 12.8 Å². The average Bonchev–Trinajstić information content (AvgIpc) is 2.36. The molecule has 1 aliphatic carbocycles. The molecule has 0 saturated heterocycles. The molecule has 2 atom stereocenters. The van der Waals surface area contributed by atoms with Crippen molar-refractivity contribution >= 4 is 6.09 Å². The van der Waals surface area contributed by atoms with Gasteiger partial charge in [-0.25, -0.2) is 4.79 Å². The van der Waals surface area contributed by atoms with Gasteiger partial charge in [0.05, 0.1) is 0 Å². The summed E-state index contributed by atoms with van der Waals surface area (Å²) in [4.78, 5) is 13.8. The van der Waals surface area contributed by atoms with Gasteiger partial charge in [-0.3, -0.25) is 0 Å². The first-order valence-corrected chi connectivity index (χ1v) is 8.28. The molecule has 0 spiro atoms. The van der Waals surface area contributed by atoms with Gasteiger partial charge < -0.3 is 20.7 Å². The van der Waals surface area contributed by atoms with Gasteiger partial charge in [-0.15, -0.1) is 0 Å². The van der Waals surface area contributed by atoms with Gasteiger partial charge in [-0.1, -0.05) is 6.42 Å². The number of hydrogen-bond acceptors (Lipinski definition) is 4. The van der Waals surface area contributed by atoms with E-state index in [-0.39, 0.29) is 6.09 Å². The van der Waals surface area contributed by atoms with Crippen molar-refractivity contribution in [2.75, 3.05) is 19.6 Å². The highest BCUT2D eigenvalue weighted by molar-refractivity contribution is 5.68. The molecular weight excluding hydrogens is 266 g/mol. The molecule has 2 unspecified atom stereocenters. The van der Waals surface area contributed by atoms with Gasteiger partial charge in [-0.05, 0) is 59.9 Å². The third-order valence-corrected chi connectivity index (χ3v) is 3.79. The van der Waals surface area contributed by atoms with E-state index in [1.807, 2.05) is 27.7 Å². The van der Waals surface area contributed by atoms with E-state index in [0.29, 0.717) is 18.6 Å². The van der Waals surface area contributed by atoms with Crippen LogP contribution in [0.5, 0.6) is 0 Å². The number of amides is 1. The molecule has 1 aliphatic rings. The van der Waals surface area contributed by atoms with E-state index in [1.54, 1.807) is 4.90 Å². The van der Waals surface area contributed by atoms with E-state index >= 15 is 0 Å². The monoisotopic (exact) mass is 299 g/mol. The van der Waals surface area contributed by atoms with Crippen LogP contribution >= 0.6 is 0 Å². The van der Waals surface area contributed by atoms with Gasteiger partial charge in [-0.2, -0.15) is 0 Å². The summed E-state index contributed by atoms with van der Waals surface area (Å²) >= 11 is 0. The summed E-state index contributed by atoms with van der Waals surface area (Å²) < 4.78 is 5.40. The Morgan fingerprint density at radius 2 is 2.10 bits per heavy atom. The summed E-state index contributed by atoms with van der Waals surface area (Å²) in [6.45, 7) is 10.0. The van der Waals surface area contributed by atoms with E-state index in [9.17, 15) is 4.79 Å². The van der Waals surface area contributed by atoms with Crippen molar-refractivity contribution in [1.82, 2.24) is 10.2 Å². The fraction of sp³-hybridized carbons (Fsp3) is 0.938. The standard InChI is InChI=1S/C16H33N3O2/c1-5-19(15(20)21-16(2,3)4)11-7-10-18-14-9-6-8-13(17)12-14/h13-14,18H,5-12,17H2,1-4H3. The van der Waals surface area contributed by atoms with Crippen LogP contribution in [0.4, 0.5) is 4.79 Å². The minimum Gasteiger partial charge on any atom is -0.444 e. The van der Waals surface area contributed by atoms with Gasteiger partial charge in [0.15, 0.2) is 0 Å². The fourth-order valence-corrected chi connectivity index (χ4v) is 2.69. The molecule has 5 nitrogen and oxygen atoms in total. The van der Waals surface area contributed by atoms with Gasteiger partial charge in [0, 0.05) is 25.2 Å². The van der Waals surface area contributed by atoms with Crippen LogP contribution in [0.25, 0.3) is 0 Å². The van der Waals surface area contributed by atoms with Crippen molar-refractivity contribution in [2.45, 2.75) is 77.5 Å². The summed E-state index contributed by atoms with van der Waals surface area (Å²) in [5.41, 5.74) is 5.56. The van der Waals surface area contributed by atoms with Crippen molar-refractivity contribution in [2.24, 2.45) is 5.73 Å². The quantitative estimate of drug-likeness (QED) is 0.739. The molecule has 0 aromatic heterocycles. The van der Waals surface area contributed by atoms with Gasteiger partial charge in [0.25, 0.3) is 0 Å². The number of hydrogen-bond donors (Lipinski definition) is 2. The summed E-state index contributed by atoms with van der Waals surface area (Å²) in [7, 11) is 0. The molecule has 0 radical (unpaired) electrons. The molecule has 0 aromatic carbocycles. The molecule has 21 heavy (non-hydrogen) atoms. The second kappa shape index (κ2) is 8.59. The average molecular weight is 299 g/mol. The molecule has 0 aliphatic heterocycles. The first-order valence-electron chi connectivity index (χ1n) is 8.28. The summed E-state index contributed by atoms with van der Waals surface area (Å²) in [6.07, 6.45) is 5.39. The Bertz CT molecular complexity index is 315. The molecule has 0 bridgehead atoms. The number of carbonyl (C=O) groups excluding carboxylic acids is 1. The third-order valence-electron chi connectivity index (χ3n) is 3.79. The summed E-state index contributed by atoms with van der Waals surface area (Å²) in [6, 6.07) is 0.899. The largest absolute Gasteiger partial charge is 0.444 e. The van der Waals surface area contributed by atoms with Crippen LogP contribution in [-0.4, -0.2) is 48.3 Å². The number of nitrogens with zero attached hydrogens (tertiary/aromatic N) is 1. The van der Waals surface area contributed by atoms with Crippen molar-refractivity contribution in [3.8, 4) is 0 Å². The zero-order chi connectivity index (χ0) is 15.9. The maximum Gasteiger partial charge on any atom is 0.410 e. The summed E-state index contributed by atoms with van der Waals surface area (Å²) in [5.74, 6) is 0. The van der Waals surface area contributed by atoms with Crippen LogP contribution in [0.2, 0.25) is 0 Å². The lowest BCUT2D eigenvalue weighted by Crippen LogP contribution is -2.41. The lowest BCUT2D eigenvalue weighted by Gasteiger charge is -2.28. The van der Waals surface area contributed by atoms with Crippen molar-refractivity contribution in [3.63, 3.8) is 0 Å². The number of nitrogens with two attached hydrogens (primary N) is 1. The van der Waals surface area contributed by atoms with Gasteiger partial charge in [0.2, 0.25) is 0 Å². The van der Waals surface area contributed by atoms with E-state index in [0.717, 1.165) is 32.4 Å². The molecule has 124 valence electrons. The third kappa shape index (κ3) is 7.67. The molecule has 3 N–H and O–H groups in total. The second-order valence-corrected chi connectivity index (χ2v) is 6.99. The molecule has 1 saturated carbocycles. The Morgan fingerprint density at radius 3 is 2.67 bits per heavy atom. The maximum atomic E-state index is 12.0. The lowest BCUT2D eigenvalue weighted by molar-refractivity contribution is 0.0258. The summed E-state index contributed by atoms with van der Waals surface area (Å²) in [5, 5.41) is 3.56. The zero-order valence-corrected chi connectivity index (χ0v) is 14.2. The van der Waals surface area contributed by atoms with Crippen LogP contribution in [0.3, 0.4) is 0 Å². The molecular formula is C16H33N3O2. The van der Waals surface area contributed by atoms with E-state index < -0.39 is 5.60 Å². The van der Waals surface area contributed by atoms with E-state index in [2.05, 4.69) is 5.32 Å². The van der Waals surface area contributed by atoms with Crippen LogP contribution in [0, 0.1) is 0 Å². The lowest BCUT2D eigenvalue weighted by atomic mass is 9.91. The Kier molecular flexibility index (Phi) is 7.46. The highest BCUT2D eigenvalue weighted by atomic mass is 16.6. The Labute approximate surface area is 129 Å². The SMILES string of the molecule is CCN(CCCNC1CCCC(N)C1)C(=O)OC(C)(C)C. The molecule has 0 aromatic rings. The minimum atomic E-state index is -0.430. The van der Waals surface area contributed by atoms with Crippen LogP contribution in [-0.2, 0) is 4.74 Å². The van der Waals surface area contributed by atoms with Crippen molar-refractivity contribution < 1.29 is 9.53 Å². The molecule has 1 amide bonds. The molecule has 5 heteroatoms. The maximum absolute atomic E-state index is 12.0. The first kappa shape index (κ1) is 18.2. The predicted octanol–water partition coefficient (Wildman–Crippen LogP) is 2.49. The molecule has 1 fully saturated rings. The normalized spacial score (nSPS) is 22.9. The van der Waals surface area contributed by atoms with Gasteiger partial charge in [0.1, 0.15) is 5.60 Å². The minimum absolute atomic E-state index is 0.218. The molecule has 0 heterocycles. The van der Waals surface area contributed by atoms with Crippen molar-refractivity contribution in [1.29, 1.82) is 0 Å². The number of carbonyl (C=O) groups is 1. The predicted molar refractivity (Wildman–Crippen MR) is 86.3 cm³/mol.